The summed E-state index contributed by atoms with van der Waals surface area (Å²) in [4.78, 5) is 18.8. The van der Waals surface area contributed by atoms with Crippen LogP contribution in [-0.4, -0.2) is 43.5 Å². The third-order valence-electron chi connectivity index (χ3n) is 5.76. The van der Waals surface area contributed by atoms with Crippen molar-refractivity contribution in [2.45, 2.75) is 26.5 Å². The first-order valence-electron chi connectivity index (χ1n) is 11.1. The van der Waals surface area contributed by atoms with Crippen molar-refractivity contribution >= 4 is 17.6 Å². The number of amides is 1. The van der Waals surface area contributed by atoms with E-state index in [4.69, 9.17) is 9.15 Å². The van der Waals surface area contributed by atoms with E-state index in [2.05, 4.69) is 52.6 Å². The second-order valence-corrected chi connectivity index (χ2v) is 8.19. The molecule has 2 heterocycles. The van der Waals surface area contributed by atoms with Crippen LogP contribution in [0.5, 0.6) is 0 Å². The summed E-state index contributed by atoms with van der Waals surface area (Å²) in [7, 11) is 1.80. The number of aliphatic imine (C=N–C) groups is 1. The van der Waals surface area contributed by atoms with Gasteiger partial charge in [0.1, 0.15) is 6.10 Å². The van der Waals surface area contributed by atoms with E-state index in [0.29, 0.717) is 18.8 Å². The van der Waals surface area contributed by atoms with Crippen molar-refractivity contribution in [3.05, 3.63) is 88.9 Å². The van der Waals surface area contributed by atoms with Crippen molar-refractivity contribution in [2.24, 2.45) is 4.99 Å². The first-order chi connectivity index (χ1) is 16.0. The van der Waals surface area contributed by atoms with Gasteiger partial charge in [0.15, 0.2) is 11.7 Å². The highest BCUT2D eigenvalue weighted by Crippen LogP contribution is 2.26. The molecule has 2 N–H and O–H groups in total. The minimum atomic E-state index is -0.267. The van der Waals surface area contributed by atoms with Crippen LogP contribution in [0.2, 0.25) is 0 Å². The second-order valence-electron chi connectivity index (χ2n) is 8.19. The summed E-state index contributed by atoms with van der Waals surface area (Å²) in [6.45, 7) is 7.07. The average molecular weight is 447 g/mol. The van der Waals surface area contributed by atoms with Crippen molar-refractivity contribution in [1.82, 2.24) is 10.2 Å². The van der Waals surface area contributed by atoms with E-state index < -0.39 is 0 Å². The first-order valence-corrected chi connectivity index (χ1v) is 11.1. The van der Waals surface area contributed by atoms with Crippen molar-refractivity contribution in [2.75, 3.05) is 32.1 Å². The largest absolute Gasteiger partial charge is 0.459 e. The van der Waals surface area contributed by atoms with E-state index in [1.54, 1.807) is 19.2 Å². The first kappa shape index (κ1) is 22.6. The van der Waals surface area contributed by atoms with Gasteiger partial charge in [0.2, 0.25) is 0 Å². The monoisotopic (exact) mass is 446 g/mol. The fourth-order valence-corrected chi connectivity index (χ4v) is 4.04. The number of morpholine rings is 1. The van der Waals surface area contributed by atoms with Crippen LogP contribution >= 0.6 is 0 Å². The Morgan fingerprint density at radius 1 is 1.15 bits per heavy atom. The summed E-state index contributed by atoms with van der Waals surface area (Å²) >= 11 is 0. The van der Waals surface area contributed by atoms with Crippen molar-refractivity contribution < 1.29 is 13.9 Å². The zero-order valence-electron chi connectivity index (χ0n) is 19.3. The Labute approximate surface area is 194 Å². The molecule has 0 aliphatic carbocycles. The lowest BCUT2D eigenvalue weighted by Crippen LogP contribution is -2.48. The minimum absolute atomic E-state index is 0.0231. The lowest BCUT2D eigenvalue weighted by atomic mass is 10.00. The van der Waals surface area contributed by atoms with Gasteiger partial charge in [-0.15, -0.1) is 0 Å². The summed E-state index contributed by atoms with van der Waals surface area (Å²) in [5.41, 5.74) is 5.55. The van der Waals surface area contributed by atoms with E-state index in [1.807, 2.05) is 24.3 Å². The minimum Gasteiger partial charge on any atom is -0.459 e. The number of hydrogen-bond acceptors (Lipinski definition) is 4. The van der Waals surface area contributed by atoms with Gasteiger partial charge in [-0.05, 0) is 54.8 Å². The third kappa shape index (κ3) is 5.62. The number of furan rings is 1. The van der Waals surface area contributed by atoms with Crippen LogP contribution in [0.1, 0.15) is 38.9 Å². The van der Waals surface area contributed by atoms with Gasteiger partial charge in [0, 0.05) is 25.8 Å². The second kappa shape index (κ2) is 10.4. The Morgan fingerprint density at radius 2 is 1.97 bits per heavy atom. The molecule has 0 spiro atoms. The highest BCUT2D eigenvalue weighted by molar-refractivity contribution is 6.02. The number of benzene rings is 2. The number of nitrogens with one attached hydrogen (secondary N) is 2. The molecule has 2 aromatic carbocycles. The highest BCUT2D eigenvalue weighted by Gasteiger charge is 2.25. The van der Waals surface area contributed by atoms with Crippen molar-refractivity contribution in [1.29, 1.82) is 0 Å². The molecule has 4 rings (SSSR count). The maximum atomic E-state index is 12.1. The Kier molecular flexibility index (Phi) is 7.10. The molecule has 1 amide bonds. The third-order valence-corrected chi connectivity index (χ3v) is 5.76. The average Bonchev–Trinajstić information content (AvgIpc) is 3.36. The molecule has 1 atom stereocenters. The fraction of sp³-hybridized carbons (Fsp3) is 0.308. The van der Waals surface area contributed by atoms with E-state index in [9.17, 15) is 4.79 Å². The maximum Gasteiger partial charge on any atom is 0.291 e. The van der Waals surface area contributed by atoms with Gasteiger partial charge in [-0.2, -0.15) is 0 Å². The van der Waals surface area contributed by atoms with E-state index >= 15 is 0 Å². The van der Waals surface area contributed by atoms with Gasteiger partial charge in [0.25, 0.3) is 5.91 Å². The Bertz CT molecular complexity index is 1110. The van der Waals surface area contributed by atoms with Crippen molar-refractivity contribution in [3.8, 4) is 0 Å². The number of hydrogen-bond donors (Lipinski definition) is 2. The molecule has 1 fully saturated rings. The number of aryl methyl sites for hydroxylation is 2. The molecule has 1 aromatic heterocycles. The molecule has 3 aromatic rings. The number of rotatable bonds is 5. The van der Waals surface area contributed by atoms with Gasteiger partial charge >= 0.3 is 0 Å². The van der Waals surface area contributed by atoms with Gasteiger partial charge < -0.3 is 24.7 Å². The van der Waals surface area contributed by atoms with Gasteiger partial charge in [-0.3, -0.25) is 9.79 Å². The number of guanidine groups is 1. The topological polar surface area (TPSA) is 79.1 Å². The quantitative estimate of drug-likeness (QED) is 0.451. The molecule has 1 aliphatic heterocycles. The molecule has 1 saturated heterocycles. The summed E-state index contributed by atoms with van der Waals surface area (Å²) in [5.74, 6) is 0.870. The van der Waals surface area contributed by atoms with Crippen LogP contribution in [-0.2, 0) is 11.3 Å². The number of nitrogens with zero attached hydrogens (tertiary/aromatic N) is 2. The molecule has 0 bridgehead atoms. The zero-order chi connectivity index (χ0) is 23.2. The summed E-state index contributed by atoms with van der Waals surface area (Å²) in [6.07, 6.45) is 1.50. The Balaban J connectivity index is 1.33. The summed E-state index contributed by atoms with van der Waals surface area (Å²) < 4.78 is 11.2. The predicted molar refractivity (Wildman–Crippen MR) is 129 cm³/mol. The van der Waals surface area contributed by atoms with Gasteiger partial charge in [-0.25, -0.2) is 0 Å². The number of anilines is 1. The van der Waals surface area contributed by atoms with E-state index in [-0.39, 0.29) is 17.8 Å². The standard InChI is InChI=1S/C26H30N4O3/c1-18-6-11-22(19(2)15-18)24-17-30(12-14-33-24)26(27-3)28-16-20-7-9-21(10-8-20)29-25(31)23-5-4-13-32-23/h4-11,13,15,24H,12,14,16-17H2,1-3H3,(H,27,28)(H,29,31). The molecule has 0 radical (unpaired) electrons. The SMILES string of the molecule is CN=C(NCc1ccc(NC(=O)c2ccco2)cc1)N1CCOC(c2ccc(C)cc2C)C1. The van der Waals surface area contributed by atoms with Crippen LogP contribution < -0.4 is 10.6 Å². The van der Waals surface area contributed by atoms with Crippen molar-refractivity contribution in [3.63, 3.8) is 0 Å². The highest BCUT2D eigenvalue weighted by atomic mass is 16.5. The van der Waals surface area contributed by atoms with Crippen LogP contribution in [0.15, 0.2) is 70.3 Å². The number of ether oxygens (including phenoxy) is 1. The molecular weight excluding hydrogens is 416 g/mol. The Hall–Kier alpha value is -3.58. The molecule has 1 aliphatic rings. The molecule has 1 unspecified atom stereocenters. The molecule has 0 saturated carbocycles. The summed E-state index contributed by atoms with van der Waals surface area (Å²) in [5, 5.41) is 6.28. The molecule has 7 heteroatoms. The zero-order valence-corrected chi connectivity index (χ0v) is 19.3. The Morgan fingerprint density at radius 3 is 2.67 bits per heavy atom. The molecular formula is C26H30N4O3. The molecule has 7 nitrogen and oxygen atoms in total. The van der Waals surface area contributed by atoms with E-state index in [1.165, 1.54) is 23.0 Å². The van der Waals surface area contributed by atoms with Crippen LogP contribution in [0.25, 0.3) is 0 Å². The van der Waals surface area contributed by atoms with Gasteiger partial charge in [0.05, 0.1) is 19.4 Å². The van der Waals surface area contributed by atoms with Crippen LogP contribution in [0, 0.1) is 13.8 Å². The van der Waals surface area contributed by atoms with Crippen LogP contribution in [0.3, 0.4) is 0 Å². The smallest absolute Gasteiger partial charge is 0.291 e. The molecule has 172 valence electrons. The molecule has 33 heavy (non-hydrogen) atoms. The maximum absolute atomic E-state index is 12.1. The fourth-order valence-electron chi connectivity index (χ4n) is 4.04. The predicted octanol–water partition coefficient (Wildman–Crippen LogP) is 4.30. The lowest BCUT2D eigenvalue weighted by molar-refractivity contribution is -0.00834. The van der Waals surface area contributed by atoms with Crippen LogP contribution in [0.4, 0.5) is 5.69 Å². The summed E-state index contributed by atoms with van der Waals surface area (Å²) in [6, 6.07) is 17.6. The lowest BCUT2D eigenvalue weighted by Gasteiger charge is -2.36. The normalized spacial score (nSPS) is 16.5. The number of carbonyl (C=O) groups excluding carboxylic acids is 1. The van der Waals surface area contributed by atoms with Gasteiger partial charge in [-0.1, -0.05) is 35.9 Å². The number of carbonyl (C=O) groups is 1. The van der Waals surface area contributed by atoms with E-state index in [0.717, 1.165) is 24.6 Å².